The average Bonchev–Trinajstić information content (AvgIpc) is 2.37. The van der Waals surface area contributed by atoms with Crippen LogP contribution in [-0.4, -0.2) is 48.8 Å². The zero-order valence-corrected chi connectivity index (χ0v) is 11.1. The molecule has 2 unspecified atom stereocenters. The molecule has 0 aromatic carbocycles. The van der Waals surface area contributed by atoms with Gasteiger partial charge in [0.25, 0.3) is 5.56 Å². The lowest BCUT2D eigenvalue weighted by Crippen LogP contribution is -2.39. The maximum Gasteiger partial charge on any atom is 0.333 e. The quantitative estimate of drug-likeness (QED) is 0.550. The van der Waals surface area contributed by atoms with Crippen molar-refractivity contribution in [2.45, 2.75) is 19.1 Å². The number of nitrogens with zero attached hydrogens (tertiary/aromatic N) is 3. The predicted octanol–water partition coefficient (Wildman–Crippen LogP) is -1.96. The van der Waals surface area contributed by atoms with Crippen molar-refractivity contribution in [1.29, 1.82) is 0 Å². The molecule has 1 heterocycles. The number of rotatable bonds is 4. The Labute approximate surface area is 113 Å². The van der Waals surface area contributed by atoms with Gasteiger partial charge < -0.3 is 15.3 Å². The van der Waals surface area contributed by atoms with Crippen LogP contribution in [0.5, 0.6) is 5.88 Å². The fourth-order valence-electron chi connectivity index (χ4n) is 1.52. The van der Waals surface area contributed by atoms with Crippen LogP contribution in [-0.2, 0) is 18.9 Å². The minimum Gasteiger partial charge on any atom is -0.494 e. The summed E-state index contributed by atoms with van der Waals surface area (Å²) in [6.07, 6.45) is -0.440. The topological polar surface area (TPSA) is 134 Å². The number of hydrogen-bond donors (Lipinski definition) is 3. The molecule has 0 saturated carbocycles. The van der Waals surface area contributed by atoms with Gasteiger partial charge in [-0.3, -0.25) is 18.9 Å². The molecule has 0 saturated heterocycles. The fraction of sp³-hybridized carbons (Fsp3) is 0.455. The Balaban J connectivity index is 3.40. The van der Waals surface area contributed by atoms with Crippen LogP contribution in [0.15, 0.2) is 14.6 Å². The molecule has 110 valence electrons. The van der Waals surface area contributed by atoms with Gasteiger partial charge in [-0.05, 0) is 6.92 Å². The SMILES string of the molecule is CC(O)C(N=Cc1c(O)n(C)c(=O)n(C)c1=O)C(=O)O. The van der Waals surface area contributed by atoms with Gasteiger partial charge in [-0.2, -0.15) is 0 Å². The Morgan fingerprint density at radius 3 is 2.30 bits per heavy atom. The largest absolute Gasteiger partial charge is 0.494 e. The second-order valence-electron chi connectivity index (χ2n) is 4.24. The Hall–Kier alpha value is -2.42. The number of aliphatic hydroxyl groups is 1. The standard InChI is InChI=1S/C11H15N3O6/c1-5(15)7(10(18)19)12-4-6-8(16)13(2)11(20)14(3)9(6)17/h4-5,7,15-16H,1-3H3,(H,18,19). The second kappa shape index (κ2) is 5.70. The van der Waals surface area contributed by atoms with E-state index in [1.165, 1.54) is 21.0 Å². The van der Waals surface area contributed by atoms with Crippen LogP contribution in [0, 0.1) is 0 Å². The van der Waals surface area contributed by atoms with Crippen molar-refractivity contribution < 1.29 is 20.1 Å². The molecule has 0 spiro atoms. The summed E-state index contributed by atoms with van der Waals surface area (Å²) in [5, 5.41) is 27.8. The first-order valence-corrected chi connectivity index (χ1v) is 5.61. The van der Waals surface area contributed by atoms with Gasteiger partial charge in [-0.25, -0.2) is 9.59 Å². The van der Waals surface area contributed by atoms with E-state index in [1.807, 2.05) is 0 Å². The van der Waals surface area contributed by atoms with E-state index >= 15 is 0 Å². The molecule has 0 radical (unpaired) electrons. The van der Waals surface area contributed by atoms with E-state index in [1.54, 1.807) is 0 Å². The molecule has 1 rings (SSSR count). The average molecular weight is 285 g/mol. The van der Waals surface area contributed by atoms with Gasteiger partial charge in [0.15, 0.2) is 6.04 Å². The smallest absolute Gasteiger partial charge is 0.333 e. The van der Waals surface area contributed by atoms with Crippen molar-refractivity contribution in [1.82, 2.24) is 9.13 Å². The molecule has 0 aliphatic rings. The molecule has 3 N–H and O–H groups in total. The number of carbonyl (C=O) groups is 1. The van der Waals surface area contributed by atoms with E-state index < -0.39 is 35.2 Å². The lowest BCUT2D eigenvalue weighted by atomic mass is 10.2. The zero-order valence-electron chi connectivity index (χ0n) is 11.1. The van der Waals surface area contributed by atoms with Crippen LogP contribution in [0.1, 0.15) is 12.5 Å². The number of aliphatic hydroxyl groups excluding tert-OH is 1. The third-order valence-electron chi connectivity index (χ3n) is 2.74. The highest BCUT2D eigenvalue weighted by Gasteiger charge is 2.22. The summed E-state index contributed by atoms with van der Waals surface area (Å²) in [7, 11) is 2.46. The van der Waals surface area contributed by atoms with E-state index in [2.05, 4.69) is 4.99 Å². The Morgan fingerprint density at radius 2 is 1.85 bits per heavy atom. The van der Waals surface area contributed by atoms with Crippen LogP contribution in [0.25, 0.3) is 0 Å². The third kappa shape index (κ3) is 2.77. The van der Waals surface area contributed by atoms with Crippen LogP contribution in [0.2, 0.25) is 0 Å². The number of hydrogen-bond acceptors (Lipinski definition) is 6. The van der Waals surface area contributed by atoms with E-state index in [0.29, 0.717) is 0 Å². The molecule has 9 nitrogen and oxygen atoms in total. The lowest BCUT2D eigenvalue weighted by molar-refractivity contribution is -0.140. The summed E-state index contributed by atoms with van der Waals surface area (Å²) < 4.78 is 1.57. The molecule has 2 atom stereocenters. The highest BCUT2D eigenvalue weighted by molar-refractivity contribution is 5.85. The normalized spacial score (nSPS) is 14.4. The van der Waals surface area contributed by atoms with E-state index in [-0.39, 0.29) is 5.56 Å². The number of carboxylic acids is 1. The number of carboxylic acid groups (broad SMARTS) is 1. The van der Waals surface area contributed by atoms with Gasteiger partial charge in [-0.15, -0.1) is 0 Å². The van der Waals surface area contributed by atoms with Gasteiger partial charge in [-0.1, -0.05) is 0 Å². The molecule has 0 fully saturated rings. The maximum absolute atomic E-state index is 11.8. The fourth-order valence-corrected chi connectivity index (χ4v) is 1.52. The number of aliphatic imine (C=N–C) groups is 1. The van der Waals surface area contributed by atoms with Crippen molar-refractivity contribution in [2.24, 2.45) is 19.1 Å². The zero-order chi connectivity index (χ0) is 15.6. The van der Waals surface area contributed by atoms with Crippen molar-refractivity contribution in [2.75, 3.05) is 0 Å². The summed E-state index contributed by atoms with van der Waals surface area (Å²) in [5.41, 5.74) is -1.87. The summed E-state index contributed by atoms with van der Waals surface area (Å²) in [5.74, 6) is -2.01. The molecular weight excluding hydrogens is 270 g/mol. The van der Waals surface area contributed by atoms with Gasteiger partial charge >= 0.3 is 11.7 Å². The van der Waals surface area contributed by atoms with E-state index in [9.17, 15) is 24.6 Å². The van der Waals surface area contributed by atoms with E-state index in [4.69, 9.17) is 5.11 Å². The molecule has 20 heavy (non-hydrogen) atoms. The van der Waals surface area contributed by atoms with Crippen molar-refractivity contribution in [3.8, 4) is 5.88 Å². The van der Waals surface area contributed by atoms with Crippen LogP contribution >= 0.6 is 0 Å². The number of aromatic hydroxyl groups is 1. The summed E-state index contributed by atoms with van der Waals surface area (Å²) in [6.45, 7) is 1.23. The van der Waals surface area contributed by atoms with Crippen LogP contribution in [0.3, 0.4) is 0 Å². The van der Waals surface area contributed by atoms with Gasteiger partial charge in [0.05, 0.1) is 6.10 Å². The van der Waals surface area contributed by atoms with Crippen molar-refractivity contribution >= 4 is 12.2 Å². The van der Waals surface area contributed by atoms with Crippen LogP contribution < -0.4 is 11.2 Å². The Bertz CT molecular complexity index is 670. The monoisotopic (exact) mass is 285 g/mol. The maximum atomic E-state index is 11.8. The van der Waals surface area contributed by atoms with E-state index in [0.717, 1.165) is 15.3 Å². The highest BCUT2D eigenvalue weighted by atomic mass is 16.4. The number of aromatic nitrogens is 2. The molecule has 0 bridgehead atoms. The van der Waals surface area contributed by atoms with Gasteiger partial charge in [0.2, 0.25) is 5.88 Å². The Morgan fingerprint density at radius 1 is 1.30 bits per heavy atom. The third-order valence-corrected chi connectivity index (χ3v) is 2.74. The summed E-state index contributed by atoms with van der Waals surface area (Å²) in [6, 6.07) is -1.48. The van der Waals surface area contributed by atoms with Crippen molar-refractivity contribution in [3.05, 3.63) is 26.4 Å². The summed E-state index contributed by atoms with van der Waals surface area (Å²) in [4.78, 5) is 37.7. The summed E-state index contributed by atoms with van der Waals surface area (Å²) >= 11 is 0. The molecule has 1 aromatic heterocycles. The molecule has 0 amide bonds. The first-order valence-electron chi connectivity index (χ1n) is 5.61. The lowest BCUT2D eigenvalue weighted by Gasteiger charge is -2.11. The molecule has 0 aliphatic carbocycles. The highest BCUT2D eigenvalue weighted by Crippen LogP contribution is 2.07. The van der Waals surface area contributed by atoms with Crippen LogP contribution in [0.4, 0.5) is 0 Å². The van der Waals surface area contributed by atoms with Gasteiger partial charge in [0.1, 0.15) is 5.56 Å². The number of aliphatic carboxylic acids is 1. The molecule has 9 heteroatoms. The minimum absolute atomic E-state index is 0.332. The molecular formula is C11H15N3O6. The molecule has 0 aliphatic heterocycles. The Kier molecular flexibility index (Phi) is 4.45. The van der Waals surface area contributed by atoms with Crippen molar-refractivity contribution in [3.63, 3.8) is 0 Å². The first kappa shape index (κ1) is 15.6. The predicted molar refractivity (Wildman–Crippen MR) is 69.3 cm³/mol. The van der Waals surface area contributed by atoms with Gasteiger partial charge in [0, 0.05) is 20.3 Å². The first-order chi connectivity index (χ1) is 9.18. The second-order valence-corrected chi connectivity index (χ2v) is 4.24. The minimum atomic E-state index is -1.48. The molecule has 1 aromatic rings.